The van der Waals surface area contributed by atoms with E-state index in [0.717, 1.165) is 33.6 Å². The molecule has 0 spiro atoms. The maximum atomic E-state index is 12.4. The van der Waals surface area contributed by atoms with Crippen molar-refractivity contribution < 1.29 is 47.4 Å². The van der Waals surface area contributed by atoms with Gasteiger partial charge in [-0.25, -0.2) is 0 Å². The minimum absolute atomic E-state index is 0.224. The molecule has 0 aliphatic carbocycles. The zero-order valence-corrected chi connectivity index (χ0v) is 28.2. The van der Waals surface area contributed by atoms with Crippen LogP contribution in [0.4, 0.5) is 0 Å². The van der Waals surface area contributed by atoms with Gasteiger partial charge in [-0.05, 0) is 42.3 Å². The minimum Gasteiger partial charge on any atom is -0.497 e. The van der Waals surface area contributed by atoms with Crippen molar-refractivity contribution in [1.82, 2.24) is 0 Å². The smallest absolute Gasteiger partial charge is 0.303 e. The summed E-state index contributed by atoms with van der Waals surface area (Å²) in [5, 5.41) is 0. The molecule has 4 aromatic carbocycles. The molecule has 2 aliphatic rings. The normalized spacial score (nSPS) is 19.4. The molecule has 2 heterocycles. The Kier molecular flexibility index (Phi) is 9.43. The highest BCUT2D eigenvalue weighted by atomic mass is 16.6. The number of methoxy groups -OCH3 is 6. The predicted octanol–water partition coefficient (Wildman–Crippen LogP) is 7.00. The standard InChI is InChI=1S/C38H40O10/c1-21(39)46-35-19-28-31(43-5)20-34(45-7)36(38(28)48-37(35)23-10-15-29(42-4)33(16-23)44-6)27-18-30(22-8-11-24(40-2)12-9-22)47-32-17-25(41-3)13-14-26(27)32/h8-17,20,27,30,35,37H,18-19H2,1-7H3/t27-,30-,35-,37-/m1/s1. The van der Waals surface area contributed by atoms with E-state index in [2.05, 4.69) is 0 Å². The fourth-order valence-electron chi connectivity index (χ4n) is 6.69. The maximum Gasteiger partial charge on any atom is 0.303 e. The van der Waals surface area contributed by atoms with E-state index in [1.165, 1.54) is 6.92 Å². The molecule has 0 bridgehead atoms. The summed E-state index contributed by atoms with van der Waals surface area (Å²) in [5.41, 5.74) is 4.33. The number of rotatable bonds is 10. The van der Waals surface area contributed by atoms with Crippen LogP contribution >= 0.6 is 0 Å². The minimum atomic E-state index is -0.677. The number of fused-ring (bicyclic) bond motifs is 2. The third-order valence-electron chi connectivity index (χ3n) is 8.98. The molecule has 48 heavy (non-hydrogen) atoms. The van der Waals surface area contributed by atoms with Crippen LogP contribution < -0.4 is 37.9 Å². The van der Waals surface area contributed by atoms with Gasteiger partial charge in [0.1, 0.15) is 46.7 Å². The van der Waals surface area contributed by atoms with Crippen LogP contribution in [-0.2, 0) is 16.0 Å². The molecule has 4 atom stereocenters. The molecule has 0 unspecified atom stereocenters. The van der Waals surface area contributed by atoms with Crippen LogP contribution in [0.3, 0.4) is 0 Å². The molecule has 0 amide bonds. The lowest BCUT2D eigenvalue weighted by molar-refractivity contribution is -0.152. The number of hydrogen-bond acceptors (Lipinski definition) is 10. The highest BCUT2D eigenvalue weighted by Gasteiger charge is 2.42. The first-order valence-corrected chi connectivity index (χ1v) is 15.6. The molecular formula is C38H40O10. The lowest BCUT2D eigenvalue weighted by Gasteiger charge is -2.39. The van der Waals surface area contributed by atoms with Gasteiger partial charge >= 0.3 is 5.97 Å². The van der Waals surface area contributed by atoms with Crippen LogP contribution in [0.1, 0.15) is 59.3 Å². The van der Waals surface area contributed by atoms with Gasteiger partial charge in [-0.3, -0.25) is 4.79 Å². The number of carbonyl (C=O) groups is 1. The van der Waals surface area contributed by atoms with E-state index in [1.54, 1.807) is 42.7 Å². The predicted molar refractivity (Wildman–Crippen MR) is 178 cm³/mol. The highest BCUT2D eigenvalue weighted by molar-refractivity contribution is 5.67. The average molecular weight is 657 g/mol. The van der Waals surface area contributed by atoms with E-state index in [0.29, 0.717) is 53.1 Å². The van der Waals surface area contributed by atoms with E-state index in [-0.39, 0.29) is 12.0 Å². The van der Waals surface area contributed by atoms with Crippen molar-refractivity contribution in [3.8, 4) is 46.0 Å². The zero-order valence-electron chi connectivity index (χ0n) is 28.2. The molecule has 10 nitrogen and oxygen atoms in total. The molecule has 10 heteroatoms. The molecular weight excluding hydrogens is 616 g/mol. The van der Waals surface area contributed by atoms with Gasteiger partial charge < -0.3 is 42.6 Å². The van der Waals surface area contributed by atoms with Crippen LogP contribution in [0, 0.1) is 0 Å². The Morgan fingerprint density at radius 3 is 1.98 bits per heavy atom. The van der Waals surface area contributed by atoms with Crippen molar-refractivity contribution in [2.24, 2.45) is 0 Å². The topological polar surface area (TPSA) is 100 Å². The first kappa shape index (κ1) is 32.7. The lowest BCUT2D eigenvalue weighted by atomic mass is 9.79. The van der Waals surface area contributed by atoms with Crippen molar-refractivity contribution in [2.45, 2.75) is 44.0 Å². The van der Waals surface area contributed by atoms with Crippen LogP contribution in [0.5, 0.6) is 46.0 Å². The van der Waals surface area contributed by atoms with Gasteiger partial charge in [0.05, 0.1) is 42.7 Å². The summed E-state index contributed by atoms with van der Waals surface area (Å²) in [6.07, 6.45) is -0.708. The van der Waals surface area contributed by atoms with E-state index in [1.807, 2.05) is 66.7 Å². The van der Waals surface area contributed by atoms with Crippen LogP contribution in [0.15, 0.2) is 66.7 Å². The molecule has 0 saturated heterocycles. The molecule has 252 valence electrons. The summed E-state index contributed by atoms with van der Waals surface area (Å²) in [7, 11) is 9.67. The largest absolute Gasteiger partial charge is 0.497 e. The number of benzene rings is 4. The van der Waals surface area contributed by atoms with Crippen LogP contribution in [-0.4, -0.2) is 54.7 Å². The van der Waals surface area contributed by atoms with Gasteiger partial charge in [-0.15, -0.1) is 0 Å². The second-order valence-corrected chi connectivity index (χ2v) is 11.6. The monoisotopic (exact) mass is 656 g/mol. The molecule has 0 N–H and O–H groups in total. The fourth-order valence-corrected chi connectivity index (χ4v) is 6.69. The molecule has 6 rings (SSSR count). The van der Waals surface area contributed by atoms with Crippen molar-refractivity contribution in [3.05, 3.63) is 94.5 Å². The third kappa shape index (κ3) is 6.10. The second-order valence-electron chi connectivity index (χ2n) is 11.6. The second kappa shape index (κ2) is 13.9. The van der Waals surface area contributed by atoms with Gasteiger partial charge in [0, 0.05) is 53.6 Å². The van der Waals surface area contributed by atoms with E-state index in [9.17, 15) is 4.79 Å². The summed E-state index contributed by atoms with van der Waals surface area (Å²) in [5.74, 6) is 4.38. The van der Waals surface area contributed by atoms with Gasteiger partial charge in [-0.1, -0.05) is 24.3 Å². The fraction of sp³-hybridized carbons (Fsp3) is 0.342. The van der Waals surface area contributed by atoms with Crippen LogP contribution in [0.2, 0.25) is 0 Å². The summed E-state index contributed by atoms with van der Waals surface area (Å²) >= 11 is 0. The number of esters is 1. The van der Waals surface area contributed by atoms with Crippen molar-refractivity contribution in [3.63, 3.8) is 0 Å². The lowest BCUT2D eigenvalue weighted by Crippen LogP contribution is -2.35. The Morgan fingerprint density at radius 1 is 0.667 bits per heavy atom. The third-order valence-corrected chi connectivity index (χ3v) is 8.98. The number of ether oxygens (including phenoxy) is 9. The molecule has 0 aromatic heterocycles. The Labute approximate surface area is 280 Å². The van der Waals surface area contributed by atoms with Crippen molar-refractivity contribution in [2.75, 3.05) is 42.7 Å². The number of hydrogen-bond donors (Lipinski definition) is 0. The molecule has 2 aliphatic heterocycles. The van der Waals surface area contributed by atoms with Gasteiger partial charge in [-0.2, -0.15) is 0 Å². The van der Waals surface area contributed by atoms with Crippen molar-refractivity contribution in [1.29, 1.82) is 0 Å². The van der Waals surface area contributed by atoms with Crippen molar-refractivity contribution >= 4 is 5.97 Å². The first-order chi connectivity index (χ1) is 23.3. The quantitative estimate of drug-likeness (QED) is 0.166. The SMILES string of the molecule is COc1ccc([C@H]2C[C@@H](c3c(OC)cc(OC)c4c3O[C@H](c3ccc(OC)c(OC)c3)[C@H](OC(C)=O)C4)c3ccc(OC)cc3O2)cc1. The first-order valence-electron chi connectivity index (χ1n) is 15.6. The summed E-state index contributed by atoms with van der Waals surface area (Å²) < 4.78 is 53.6. The Morgan fingerprint density at radius 2 is 1.33 bits per heavy atom. The molecule has 0 radical (unpaired) electrons. The van der Waals surface area contributed by atoms with Gasteiger partial charge in [0.2, 0.25) is 0 Å². The zero-order chi connectivity index (χ0) is 33.9. The highest BCUT2D eigenvalue weighted by Crippen LogP contribution is 2.55. The molecule has 0 fully saturated rings. The molecule has 0 saturated carbocycles. The van der Waals surface area contributed by atoms with Gasteiger partial charge in [0.15, 0.2) is 17.6 Å². The maximum absolute atomic E-state index is 12.4. The van der Waals surface area contributed by atoms with E-state index in [4.69, 9.17) is 42.6 Å². The molecule has 4 aromatic rings. The Bertz CT molecular complexity index is 1780. The van der Waals surface area contributed by atoms with Crippen LogP contribution in [0.25, 0.3) is 0 Å². The average Bonchev–Trinajstić information content (AvgIpc) is 3.12. The Hall–Kier alpha value is -5.25. The summed E-state index contributed by atoms with van der Waals surface area (Å²) in [6, 6.07) is 21.2. The van der Waals surface area contributed by atoms with E-state index < -0.39 is 18.2 Å². The Balaban J connectivity index is 1.54. The van der Waals surface area contributed by atoms with E-state index >= 15 is 0 Å². The number of carbonyl (C=O) groups excluding carboxylic acids is 1. The summed E-state index contributed by atoms with van der Waals surface area (Å²) in [6.45, 7) is 1.39. The summed E-state index contributed by atoms with van der Waals surface area (Å²) in [4.78, 5) is 12.4. The van der Waals surface area contributed by atoms with Gasteiger partial charge in [0.25, 0.3) is 0 Å².